The standard InChI is InChI=1S/C7H5BFNO2/c1-12-7(11)6-4(8)2-10-3-5(6)9/h2-3H,1H3. The molecule has 0 amide bonds. The maximum atomic E-state index is 12.8. The molecule has 0 aliphatic heterocycles. The van der Waals surface area contributed by atoms with Crippen LogP contribution in [0.15, 0.2) is 12.4 Å². The van der Waals surface area contributed by atoms with E-state index in [0.717, 1.165) is 13.3 Å². The second-order valence-electron chi connectivity index (χ2n) is 2.08. The average molecular weight is 165 g/mol. The minimum Gasteiger partial charge on any atom is -0.465 e. The molecule has 12 heavy (non-hydrogen) atoms. The predicted molar refractivity (Wildman–Crippen MR) is 40.9 cm³/mol. The van der Waals surface area contributed by atoms with Crippen molar-refractivity contribution in [3.63, 3.8) is 0 Å². The zero-order valence-corrected chi connectivity index (χ0v) is 6.37. The molecular formula is C7H5BFNO2. The number of carbonyl (C=O) groups excluding carboxylic acids is 1. The summed E-state index contributed by atoms with van der Waals surface area (Å²) in [6.07, 6.45) is 2.10. The number of nitrogens with zero attached hydrogens (tertiary/aromatic N) is 1. The zero-order chi connectivity index (χ0) is 9.14. The van der Waals surface area contributed by atoms with Crippen LogP contribution in [0.5, 0.6) is 0 Å². The van der Waals surface area contributed by atoms with Crippen LogP contribution < -0.4 is 5.46 Å². The maximum absolute atomic E-state index is 12.8. The highest BCUT2D eigenvalue weighted by molar-refractivity contribution is 6.36. The topological polar surface area (TPSA) is 39.2 Å². The van der Waals surface area contributed by atoms with Crippen LogP contribution in [0, 0.1) is 5.82 Å². The Hall–Kier alpha value is -1.39. The van der Waals surface area contributed by atoms with Crippen molar-refractivity contribution in [3.05, 3.63) is 23.8 Å². The Morgan fingerprint density at radius 2 is 2.33 bits per heavy atom. The number of esters is 1. The van der Waals surface area contributed by atoms with Crippen LogP contribution in [0.25, 0.3) is 0 Å². The first-order chi connectivity index (χ1) is 5.66. The first kappa shape index (κ1) is 8.71. The van der Waals surface area contributed by atoms with Gasteiger partial charge in [-0.1, -0.05) is 5.46 Å². The molecule has 0 spiro atoms. The van der Waals surface area contributed by atoms with Crippen molar-refractivity contribution in [2.75, 3.05) is 7.11 Å². The van der Waals surface area contributed by atoms with E-state index in [0.29, 0.717) is 0 Å². The fourth-order valence-electron chi connectivity index (χ4n) is 0.767. The highest BCUT2D eigenvalue weighted by atomic mass is 19.1. The van der Waals surface area contributed by atoms with Gasteiger partial charge in [-0.3, -0.25) is 4.98 Å². The van der Waals surface area contributed by atoms with Gasteiger partial charge in [0, 0.05) is 6.20 Å². The third-order valence-corrected chi connectivity index (χ3v) is 1.32. The highest BCUT2D eigenvalue weighted by Gasteiger charge is 2.13. The van der Waals surface area contributed by atoms with Gasteiger partial charge in [0.25, 0.3) is 0 Å². The van der Waals surface area contributed by atoms with Crippen molar-refractivity contribution < 1.29 is 13.9 Å². The molecule has 1 heterocycles. The Morgan fingerprint density at radius 1 is 1.67 bits per heavy atom. The largest absolute Gasteiger partial charge is 0.465 e. The average Bonchev–Trinajstić information content (AvgIpc) is 2.03. The van der Waals surface area contributed by atoms with Crippen molar-refractivity contribution >= 4 is 19.3 Å². The summed E-state index contributed by atoms with van der Waals surface area (Å²) >= 11 is 0. The number of hydrogen-bond acceptors (Lipinski definition) is 3. The summed E-state index contributed by atoms with van der Waals surface area (Å²) in [5.74, 6) is -1.57. The van der Waals surface area contributed by atoms with Gasteiger partial charge in [0.15, 0.2) is 5.82 Å². The minimum absolute atomic E-state index is 0.0261. The minimum atomic E-state index is -0.799. The second kappa shape index (κ2) is 3.34. The van der Waals surface area contributed by atoms with Gasteiger partial charge in [0.05, 0.1) is 18.9 Å². The van der Waals surface area contributed by atoms with Gasteiger partial charge >= 0.3 is 5.97 Å². The fraction of sp³-hybridized carbons (Fsp3) is 0.143. The van der Waals surface area contributed by atoms with E-state index in [1.165, 1.54) is 6.20 Å². The van der Waals surface area contributed by atoms with Crippen LogP contribution >= 0.6 is 0 Å². The van der Waals surface area contributed by atoms with Crippen molar-refractivity contribution in [1.82, 2.24) is 4.98 Å². The number of rotatable bonds is 1. The molecule has 0 aliphatic rings. The van der Waals surface area contributed by atoms with E-state index >= 15 is 0 Å². The number of carbonyl (C=O) groups is 1. The molecule has 0 N–H and O–H groups in total. The first-order valence-electron chi connectivity index (χ1n) is 3.14. The van der Waals surface area contributed by atoms with E-state index in [2.05, 4.69) is 9.72 Å². The number of ether oxygens (including phenoxy) is 1. The molecule has 0 bridgehead atoms. The molecule has 0 saturated carbocycles. The Bertz CT molecular complexity index is 296. The number of hydrogen-bond donors (Lipinski definition) is 0. The van der Waals surface area contributed by atoms with E-state index in [4.69, 9.17) is 7.85 Å². The van der Waals surface area contributed by atoms with Crippen molar-refractivity contribution in [1.29, 1.82) is 0 Å². The quantitative estimate of drug-likeness (QED) is 0.427. The lowest BCUT2D eigenvalue weighted by atomic mass is 9.92. The van der Waals surface area contributed by atoms with Crippen LogP contribution in [0.2, 0.25) is 0 Å². The summed E-state index contributed by atoms with van der Waals surface area (Å²) in [6.45, 7) is 0. The summed E-state index contributed by atoms with van der Waals surface area (Å²) in [6, 6.07) is 0. The Labute approximate surface area is 70.0 Å². The van der Waals surface area contributed by atoms with Crippen molar-refractivity contribution in [2.24, 2.45) is 0 Å². The molecule has 0 unspecified atom stereocenters. The maximum Gasteiger partial charge on any atom is 0.340 e. The molecule has 0 aliphatic carbocycles. The SMILES string of the molecule is [B]c1cncc(F)c1C(=O)OC. The molecule has 0 aromatic carbocycles. The van der Waals surface area contributed by atoms with E-state index in [1.54, 1.807) is 0 Å². The van der Waals surface area contributed by atoms with Gasteiger partial charge in [-0.05, 0) is 0 Å². The molecule has 5 heteroatoms. The monoisotopic (exact) mass is 165 g/mol. The van der Waals surface area contributed by atoms with Gasteiger partial charge in [-0.25, -0.2) is 9.18 Å². The Balaban J connectivity index is 3.21. The van der Waals surface area contributed by atoms with Crippen molar-refractivity contribution in [2.45, 2.75) is 0 Å². The van der Waals surface area contributed by atoms with Gasteiger partial charge < -0.3 is 4.74 Å². The highest BCUT2D eigenvalue weighted by Crippen LogP contribution is 2.02. The fourth-order valence-corrected chi connectivity index (χ4v) is 0.767. The summed E-state index contributed by atoms with van der Waals surface area (Å²) in [7, 11) is 6.45. The Morgan fingerprint density at radius 3 is 2.83 bits per heavy atom. The first-order valence-corrected chi connectivity index (χ1v) is 3.14. The van der Waals surface area contributed by atoms with E-state index in [-0.39, 0.29) is 11.0 Å². The van der Waals surface area contributed by atoms with Crippen molar-refractivity contribution in [3.8, 4) is 0 Å². The molecule has 0 atom stereocenters. The summed E-state index contributed by atoms with van der Waals surface area (Å²) in [4.78, 5) is 14.3. The number of pyridine rings is 1. The predicted octanol–water partition coefficient (Wildman–Crippen LogP) is -0.199. The Kier molecular flexibility index (Phi) is 2.42. The second-order valence-corrected chi connectivity index (χ2v) is 2.08. The smallest absolute Gasteiger partial charge is 0.340 e. The van der Waals surface area contributed by atoms with Crippen LogP contribution in [0.1, 0.15) is 10.4 Å². The summed E-state index contributed by atoms with van der Waals surface area (Å²) in [5.41, 5.74) is -0.297. The molecule has 1 aromatic heterocycles. The van der Waals surface area contributed by atoms with Crippen LogP contribution in [0.4, 0.5) is 4.39 Å². The molecule has 1 rings (SSSR count). The normalized spacial score (nSPS) is 9.50. The van der Waals surface area contributed by atoms with Crippen LogP contribution in [0.3, 0.4) is 0 Å². The van der Waals surface area contributed by atoms with E-state index < -0.39 is 11.8 Å². The molecular weight excluding hydrogens is 160 g/mol. The zero-order valence-electron chi connectivity index (χ0n) is 6.37. The van der Waals surface area contributed by atoms with Gasteiger partial charge in [0.2, 0.25) is 0 Å². The molecule has 2 radical (unpaired) electrons. The molecule has 0 fully saturated rings. The van der Waals surface area contributed by atoms with Gasteiger partial charge in [-0.15, -0.1) is 0 Å². The third kappa shape index (κ3) is 1.44. The lowest BCUT2D eigenvalue weighted by Crippen LogP contribution is -2.20. The lowest BCUT2D eigenvalue weighted by Gasteiger charge is -2.03. The summed E-state index contributed by atoms with van der Waals surface area (Å²) in [5, 5.41) is 0. The van der Waals surface area contributed by atoms with Gasteiger partial charge in [0.1, 0.15) is 7.85 Å². The lowest BCUT2D eigenvalue weighted by molar-refractivity contribution is 0.0597. The molecule has 3 nitrogen and oxygen atoms in total. The third-order valence-electron chi connectivity index (χ3n) is 1.32. The van der Waals surface area contributed by atoms with E-state index in [1.807, 2.05) is 0 Å². The summed E-state index contributed by atoms with van der Waals surface area (Å²) < 4.78 is 17.2. The van der Waals surface area contributed by atoms with Crippen LogP contribution in [-0.2, 0) is 4.74 Å². The van der Waals surface area contributed by atoms with Crippen LogP contribution in [-0.4, -0.2) is 25.9 Å². The van der Waals surface area contributed by atoms with E-state index in [9.17, 15) is 9.18 Å². The molecule has 0 saturated heterocycles. The number of aromatic nitrogens is 1. The number of halogens is 1. The number of methoxy groups -OCH3 is 1. The molecule has 1 aromatic rings. The van der Waals surface area contributed by atoms with Gasteiger partial charge in [-0.2, -0.15) is 0 Å². The molecule has 60 valence electrons.